The van der Waals surface area contributed by atoms with E-state index in [1.54, 1.807) is 0 Å². The average molecular weight is 565 g/mol. The van der Waals surface area contributed by atoms with E-state index in [1.807, 2.05) is 11.3 Å². The van der Waals surface area contributed by atoms with Crippen molar-refractivity contribution in [2.75, 3.05) is 5.32 Å². The molecule has 0 fully saturated rings. The predicted molar refractivity (Wildman–Crippen MR) is 185 cm³/mol. The Balaban J connectivity index is 1.18. The molecular weight excluding hydrogens is 541 g/mol. The molecule has 200 valence electrons. The molecule has 2 aromatic heterocycles. The molecule has 0 bridgehead atoms. The van der Waals surface area contributed by atoms with E-state index >= 15 is 0 Å². The lowest BCUT2D eigenvalue weighted by atomic mass is 9.90. The van der Waals surface area contributed by atoms with Crippen LogP contribution in [0.1, 0.15) is 0 Å². The first-order valence-electron chi connectivity index (χ1n) is 14.7. The minimum atomic E-state index is 1.16. The zero-order valence-electron chi connectivity index (χ0n) is 23.1. The van der Waals surface area contributed by atoms with Gasteiger partial charge in [0.05, 0.1) is 21.4 Å². The van der Waals surface area contributed by atoms with E-state index in [4.69, 9.17) is 0 Å². The number of fused-ring (bicyclic) bond motifs is 9. The highest BCUT2D eigenvalue weighted by Gasteiger charge is 2.23. The van der Waals surface area contributed by atoms with Gasteiger partial charge in [-0.3, -0.25) is 0 Å². The summed E-state index contributed by atoms with van der Waals surface area (Å²) in [5.74, 6) is 0. The monoisotopic (exact) mass is 564 g/mol. The van der Waals surface area contributed by atoms with Crippen LogP contribution in [0.3, 0.4) is 0 Å². The van der Waals surface area contributed by atoms with E-state index in [-0.39, 0.29) is 0 Å². The van der Waals surface area contributed by atoms with Crippen LogP contribution in [0.4, 0.5) is 11.4 Å². The van der Waals surface area contributed by atoms with Crippen molar-refractivity contribution in [1.29, 1.82) is 0 Å². The van der Waals surface area contributed by atoms with Gasteiger partial charge in [0.15, 0.2) is 0 Å². The molecule has 3 heterocycles. The van der Waals surface area contributed by atoms with Gasteiger partial charge in [0.1, 0.15) is 0 Å². The van der Waals surface area contributed by atoms with Gasteiger partial charge in [-0.1, -0.05) is 97.1 Å². The number of hydrogen-bond acceptors (Lipinski definition) is 2. The van der Waals surface area contributed by atoms with Gasteiger partial charge >= 0.3 is 0 Å². The molecule has 1 aliphatic heterocycles. The van der Waals surface area contributed by atoms with Gasteiger partial charge in [-0.05, 0) is 64.5 Å². The maximum absolute atomic E-state index is 3.92. The van der Waals surface area contributed by atoms with Crippen molar-refractivity contribution in [1.82, 2.24) is 4.57 Å². The molecule has 0 saturated carbocycles. The Bertz CT molecular complexity index is 2590. The van der Waals surface area contributed by atoms with Crippen LogP contribution in [-0.4, -0.2) is 4.57 Å². The van der Waals surface area contributed by atoms with Crippen LogP contribution in [0.25, 0.3) is 80.7 Å². The fourth-order valence-electron chi connectivity index (χ4n) is 7.18. The molecule has 43 heavy (non-hydrogen) atoms. The average Bonchev–Trinajstić information content (AvgIpc) is 3.60. The third-order valence-electron chi connectivity index (χ3n) is 9.10. The molecular formula is C40H24N2S. The largest absolute Gasteiger partial charge is 0.353 e. The van der Waals surface area contributed by atoms with Gasteiger partial charge in [-0.25, -0.2) is 0 Å². The normalized spacial score (nSPS) is 12.4. The van der Waals surface area contributed by atoms with Gasteiger partial charge < -0.3 is 9.88 Å². The van der Waals surface area contributed by atoms with Crippen molar-refractivity contribution in [3.63, 3.8) is 0 Å². The number of aromatic nitrogens is 1. The topological polar surface area (TPSA) is 17.0 Å². The van der Waals surface area contributed by atoms with Crippen LogP contribution in [0.5, 0.6) is 0 Å². The first kappa shape index (κ1) is 23.2. The summed E-state index contributed by atoms with van der Waals surface area (Å²) < 4.78 is 5.04. The van der Waals surface area contributed by atoms with Gasteiger partial charge in [0.2, 0.25) is 0 Å². The zero-order chi connectivity index (χ0) is 28.1. The summed E-state index contributed by atoms with van der Waals surface area (Å²) >= 11 is 1.88. The molecule has 2 nitrogen and oxygen atoms in total. The quantitative estimate of drug-likeness (QED) is 0.221. The van der Waals surface area contributed by atoms with Gasteiger partial charge in [-0.2, -0.15) is 0 Å². The van der Waals surface area contributed by atoms with Crippen molar-refractivity contribution in [2.45, 2.75) is 0 Å². The lowest BCUT2D eigenvalue weighted by Crippen LogP contribution is -2.01. The summed E-state index contributed by atoms with van der Waals surface area (Å²) in [7, 11) is 0. The molecule has 0 spiro atoms. The van der Waals surface area contributed by atoms with Crippen molar-refractivity contribution in [3.8, 4) is 27.9 Å². The van der Waals surface area contributed by atoms with Crippen LogP contribution < -0.4 is 5.32 Å². The summed E-state index contributed by atoms with van der Waals surface area (Å²) in [6.07, 6.45) is 0. The minimum absolute atomic E-state index is 1.16. The molecule has 9 aromatic rings. The molecule has 0 radical (unpaired) electrons. The Morgan fingerprint density at radius 3 is 2.21 bits per heavy atom. The van der Waals surface area contributed by atoms with Crippen molar-refractivity contribution in [2.24, 2.45) is 0 Å². The molecule has 1 N–H and O–H groups in total. The first-order valence-corrected chi connectivity index (χ1v) is 15.5. The number of para-hydroxylation sites is 2. The van der Waals surface area contributed by atoms with Crippen molar-refractivity contribution < 1.29 is 0 Å². The second kappa shape index (κ2) is 8.57. The molecule has 7 aromatic carbocycles. The smallest absolute Gasteiger partial charge is 0.0652 e. The Morgan fingerprint density at radius 2 is 1.28 bits per heavy atom. The maximum atomic E-state index is 3.92. The van der Waals surface area contributed by atoms with E-state index in [0.29, 0.717) is 0 Å². The number of anilines is 2. The van der Waals surface area contributed by atoms with Gasteiger partial charge in [0.25, 0.3) is 0 Å². The third-order valence-corrected chi connectivity index (χ3v) is 10.3. The van der Waals surface area contributed by atoms with Crippen LogP contribution in [0, 0.1) is 0 Å². The number of nitrogens with zero attached hydrogens (tertiary/aromatic N) is 1. The fourth-order valence-corrected chi connectivity index (χ4v) is 8.37. The molecule has 1 aliphatic rings. The van der Waals surface area contributed by atoms with Crippen molar-refractivity contribution in [3.05, 3.63) is 140 Å². The molecule has 0 aliphatic carbocycles. The zero-order valence-corrected chi connectivity index (χ0v) is 24.0. The number of benzene rings is 7. The van der Waals surface area contributed by atoms with Gasteiger partial charge in [-0.15, -0.1) is 11.3 Å². The second-order valence-electron chi connectivity index (χ2n) is 11.4. The van der Waals surface area contributed by atoms with Crippen LogP contribution >= 0.6 is 11.3 Å². The summed E-state index contributed by atoms with van der Waals surface area (Å²) in [6.45, 7) is 0. The Labute approximate surface area is 252 Å². The Morgan fingerprint density at radius 1 is 0.512 bits per heavy atom. The lowest BCUT2D eigenvalue weighted by molar-refractivity contribution is 1.18. The van der Waals surface area contributed by atoms with E-state index < -0.39 is 0 Å². The summed E-state index contributed by atoms with van der Waals surface area (Å²) in [5, 5.41) is 11.7. The highest BCUT2D eigenvalue weighted by Crippen LogP contribution is 2.51. The molecule has 10 rings (SSSR count). The van der Waals surface area contributed by atoms with Crippen LogP contribution in [-0.2, 0) is 0 Å². The Kier molecular flexibility index (Phi) is 4.63. The Hall–Kier alpha value is -5.38. The standard InChI is InChI=1S/C40H24N2S/c1-2-10-27(11-3-1)42-35-15-6-4-12-29(35)30-20-18-25(23-36(30)42)24-17-19-28-32-14-8-9-26-21-33-31-13-5-7-16-37(31)43-40(33)39(38(26)32)41-34(28)22-24/h1-23,41H. The number of rotatable bonds is 2. The van der Waals surface area contributed by atoms with Crippen LogP contribution in [0.2, 0.25) is 0 Å². The first-order chi connectivity index (χ1) is 21.3. The van der Waals surface area contributed by atoms with Crippen LogP contribution in [0.15, 0.2) is 140 Å². The summed E-state index contributed by atoms with van der Waals surface area (Å²) in [4.78, 5) is 0. The number of thiophene rings is 1. The van der Waals surface area contributed by atoms with E-state index in [0.717, 1.165) is 5.69 Å². The highest BCUT2D eigenvalue weighted by atomic mass is 32.1. The van der Waals surface area contributed by atoms with E-state index in [1.165, 1.54) is 86.4 Å². The molecule has 0 saturated heterocycles. The SMILES string of the molecule is c1ccc(-n2c3ccccc3c3ccc(-c4ccc5c(c4)Nc4c6sc7ccccc7c6cc6cccc-5c46)cc32)cc1. The summed E-state index contributed by atoms with van der Waals surface area (Å²) in [6, 6.07) is 51.0. The fraction of sp³-hybridized carbons (Fsp3) is 0. The predicted octanol–water partition coefficient (Wildman–Crippen LogP) is 11.7. The van der Waals surface area contributed by atoms with Gasteiger partial charge in [0, 0.05) is 48.6 Å². The number of nitrogens with one attached hydrogen (secondary N) is 1. The van der Waals surface area contributed by atoms with E-state index in [9.17, 15) is 0 Å². The minimum Gasteiger partial charge on any atom is -0.353 e. The van der Waals surface area contributed by atoms with Crippen molar-refractivity contribution >= 4 is 75.5 Å². The van der Waals surface area contributed by atoms with E-state index in [2.05, 4.69) is 149 Å². The lowest BCUT2D eigenvalue weighted by Gasteiger charge is -2.24. The third kappa shape index (κ3) is 3.23. The summed E-state index contributed by atoms with van der Waals surface area (Å²) in [5.41, 5.74) is 11.0. The molecule has 0 unspecified atom stereocenters. The number of hydrogen-bond donors (Lipinski definition) is 1. The maximum Gasteiger partial charge on any atom is 0.0652 e. The second-order valence-corrected chi connectivity index (χ2v) is 12.5. The molecule has 3 heteroatoms. The molecule has 0 amide bonds. The molecule has 0 atom stereocenters. The highest BCUT2D eigenvalue weighted by molar-refractivity contribution is 7.26.